The predicted octanol–water partition coefficient (Wildman–Crippen LogP) is 2.20. The van der Waals surface area contributed by atoms with Gasteiger partial charge in [-0.25, -0.2) is 9.97 Å². The second kappa shape index (κ2) is 9.42. The number of hydrogen-bond acceptors (Lipinski definition) is 9. The summed E-state index contributed by atoms with van der Waals surface area (Å²) in [5.74, 6) is 2.35. The Labute approximate surface area is 179 Å². The maximum absolute atomic E-state index is 8.84. The van der Waals surface area contributed by atoms with Crippen LogP contribution < -0.4 is 14.8 Å². The molecule has 2 N–H and O–H groups in total. The fourth-order valence-electron chi connectivity index (χ4n) is 3.31. The molecule has 1 aromatic carbocycles. The fourth-order valence-corrected chi connectivity index (χ4v) is 3.31. The molecule has 0 bridgehead atoms. The van der Waals surface area contributed by atoms with Gasteiger partial charge in [0.15, 0.2) is 11.5 Å². The van der Waals surface area contributed by atoms with E-state index in [4.69, 9.17) is 19.5 Å². The molecule has 2 aromatic heterocycles. The molecule has 3 aromatic rings. The summed E-state index contributed by atoms with van der Waals surface area (Å²) < 4.78 is 17.5. The third-order valence-electron chi connectivity index (χ3n) is 4.84. The lowest BCUT2D eigenvalue weighted by Gasteiger charge is -2.30. The van der Waals surface area contributed by atoms with E-state index in [1.807, 2.05) is 30.3 Å². The quantitative estimate of drug-likeness (QED) is 0.591. The number of methoxy groups -OCH3 is 1. The molecule has 1 fully saturated rings. The average molecular weight is 421 g/mol. The number of morpholine rings is 1. The van der Waals surface area contributed by atoms with E-state index in [-0.39, 0.29) is 11.8 Å². The second-order valence-corrected chi connectivity index (χ2v) is 7.09. The van der Waals surface area contributed by atoms with E-state index in [1.54, 1.807) is 7.11 Å². The van der Waals surface area contributed by atoms with E-state index in [9.17, 15) is 0 Å². The Kier molecular flexibility index (Phi) is 6.26. The van der Waals surface area contributed by atoms with Crippen LogP contribution in [0.2, 0.25) is 0 Å². The second-order valence-electron chi connectivity index (χ2n) is 7.09. The van der Waals surface area contributed by atoms with E-state index in [0.29, 0.717) is 36.3 Å². The summed E-state index contributed by atoms with van der Waals surface area (Å²) in [6, 6.07) is 9.41. The van der Waals surface area contributed by atoms with Gasteiger partial charge >= 0.3 is 0 Å². The lowest BCUT2D eigenvalue weighted by molar-refractivity contribution is -0.0402. The average Bonchev–Trinajstić information content (AvgIpc) is 3.26. The summed E-state index contributed by atoms with van der Waals surface area (Å²) in [5, 5.41) is 19.2. The van der Waals surface area contributed by atoms with Gasteiger partial charge in [0.05, 0.1) is 37.4 Å². The lowest BCUT2D eigenvalue weighted by atomic mass is 10.1. The van der Waals surface area contributed by atoms with E-state index in [0.717, 1.165) is 24.3 Å². The van der Waals surface area contributed by atoms with Crippen molar-refractivity contribution in [2.24, 2.45) is 0 Å². The molecule has 0 saturated carbocycles. The van der Waals surface area contributed by atoms with Crippen LogP contribution in [-0.2, 0) is 4.74 Å². The number of likely N-dealkylation sites (N-methyl/N-ethyl adjacent to an activating group) is 1. The Hall–Kier alpha value is -3.68. The first-order valence-electron chi connectivity index (χ1n) is 9.81. The van der Waals surface area contributed by atoms with Crippen molar-refractivity contribution in [1.82, 2.24) is 25.1 Å². The molecule has 0 aliphatic carbocycles. The number of nitrogens with zero attached hydrogens (tertiary/aromatic N) is 5. The van der Waals surface area contributed by atoms with Crippen molar-refractivity contribution in [2.75, 3.05) is 45.8 Å². The Morgan fingerprint density at radius 3 is 2.90 bits per heavy atom. The van der Waals surface area contributed by atoms with Crippen molar-refractivity contribution < 1.29 is 14.2 Å². The topological polar surface area (TPSA) is 121 Å². The van der Waals surface area contributed by atoms with Crippen molar-refractivity contribution in [1.29, 1.82) is 5.26 Å². The van der Waals surface area contributed by atoms with E-state index in [2.05, 4.69) is 37.4 Å². The van der Waals surface area contributed by atoms with Gasteiger partial charge in [-0.2, -0.15) is 10.4 Å². The van der Waals surface area contributed by atoms with Crippen LogP contribution in [0, 0.1) is 11.3 Å². The van der Waals surface area contributed by atoms with Crippen LogP contribution in [0.15, 0.2) is 36.7 Å². The third kappa shape index (κ3) is 4.91. The standard InChI is InChI=1S/C21H23N7O3/c1-28-6-7-30-15(12-28)13-31-18-5-3-4-17(29-2)21(18)16-8-19(27-26-16)25-20-11-23-14(9-22)10-24-20/h3-5,8,10-11,15H,6-7,12-13H2,1-2H3,(H2,24,25,26,27)/t15-/m0/s1. The van der Waals surface area contributed by atoms with Crippen LogP contribution in [0.5, 0.6) is 11.5 Å². The number of ether oxygens (including phenoxy) is 3. The first-order valence-corrected chi connectivity index (χ1v) is 9.81. The van der Waals surface area contributed by atoms with Gasteiger partial charge in [-0.05, 0) is 19.2 Å². The minimum absolute atomic E-state index is 0.00625. The van der Waals surface area contributed by atoms with Crippen LogP contribution in [0.3, 0.4) is 0 Å². The normalized spacial score (nSPS) is 16.5. The van der Waals surface area contributed by atoms with E-state index in [1.165, 1.54) is 12.4 Å². The highest BCUT2D eigenvalue weighted by Gasteiger charge is 2.21. The van der Waals surface area contributed by atoms with Gasteiger partial charge in [0.2, 0.25) is 0 Å². The zero-order chi connectivity index (χ0) is 21.6. The molecular weight excluding hydrogens is 398 g/mol. The van der Waals surface area contributed by atoms with Crippen LogP contribution in [0.1, 0.15) is 5.69 Å². The Morgan fingerprint density at radius 2 is 2.16 bits per heavy atom. The van der Waals surface area contributed by atoms with Gasteiger partial charge in [0, 0.05) is 19.2 Å². The van der Waals surface area contributed by atoms with Crippen LogP contribution in [0.25, 0.3) is 11.3 Å². The molecule has 4 rings (SSSR count). The maximum atomic E-state index is 8.84. The molecule has 10 heteroatoms. The third-order valence-corrected chi connectivity index (χ3v) is 4.84. The molecule has 1 saturated heterocycles. The van der Waals surface area contributed by atoms with Crippen LogP contribution >= 0.6 is 0 Å². The highest BCUT2D eigenvalue weighted by atomic mass is 16.5. The Balaban J connectivity index is 1.53. The Bertz CT molecular complexity index is 1060. The first kappa shape index (κ1) is 20.6. The maximum Gasteiger partial charge on any atom is 0.158 e. The monoisotopic (exact) mass is 421 g/mol. The minimum atomic E-state index is 0.00625. The van der Waals surface area contributed by atoms with Gasteiger partial charge in [-0.3, -0.25) is 5.10 Å². The Morgan fingerprint density at radius 1 is 1.29 bits per heavy atom. The first-order chi connectivity index (χ1) is 15.2. The molecule has 0 spiro atoms. The van der Waals surface area contributed by atoms with E-state index < -0.39 is 0 Å². The van der Waals surface area contributed by atoms with Gasteiger partial charge in [0.25, 0.3) is 0 Å². The van der Waals surface area contributed by atoms with Crippen LogP contribution in [-0.4, -0.2) is 71.6 Å². The van der Waals surface area contributed by atoms with Crippen molar-refractivity contribution >= 4 is 11.6 Å². The summed E-state index contributed by atoms with van der Waals surface area (Å²) in [7, 11) is 3.69. The number of hydrogen-bond donors (Lipinski definition) is 2. The largest absolute Gasteiger partial charge is 0.496 e. The molecule has 31 heavy (non-hydrogen) atoms. The molecule has 1 atom stereocenters. The summed E-state index contributed by atoms with van der Waals surface area (Å²) >= 11 is 0. The number of H-pyrrole nitrogens is 1. The zero-order valence-corrected chi connectivity index (χ0v) is 17.3. The highest BCUT2D eigenvalue weighted by molar-refractivity contribution is 5.76. The van der Waals surface area contributed by atoms with Gasteiger partial charge in [-0.1, -0.05) is 6.07 Å². The smallest absolute Gasteiger partial charge is 0.158 e. The summed E-state index contributed by atoms with van der Waals surface area (Å²) in [6.45, 7) is 2.88. The number of aromatic amines is 1. The van der Waals surface area contributed by atoms with Crippen molar-refractivity contribution in [2.45, 2.75) is 6.10 Å². The number of benzene rings is 1. The molecule has 1 aliphatic rings. The number of nitrogens with one attached hydrogen (secondary N) is 2. The molecule has 0 radical (unpaired) electrons. The molecule has 0 unspecified atom stereocenters. The van der Waals surface area contributed by atoms with Gasteiger partial charge in [0.1, 0.15) is 36.1 Å². The van der Waals surface area contributed by atoms with E-state index >= 15 is 0 Å². The summed E-state index contributed by atoms with van der Waals surface area (Å²) in [6.07, 6.45) is 2.88. The molecule has 3 heterocycles. The summed E-state index contributed by atoms with van der Waals surface area (Å²) in [5.41, 5.74) is 1.73. The van der Waals surface area contributed by atoms with Crippen molar-refractivity contribution in [3.05, 3.63) is 42.4 Å². The summed E-state index contributed by atoms with van der Waals surface area (Å²) in [4.78, 5) is 10.4. The highest BCUT2D eigenvalue weighted by Crippen LogP contribution is 2.38. The number of rotatable bonds is 7. The minimum Gasteiger partial charge on any atom is -0.496 e. The number of nitriles is 1. The van der Waals surface area contributed by atoms with Gasteiger partial charge < -0.3 is 24.4 Å². The van der Waals surface area contributed by atoms with Crippen molar-refractivity contribution in [3.8, 4) is 28.8 Å². The zero-order valence-electron chi connectivity index (χ0n) is 17.3. The molecule has 0 amide bonds. The molecule has 1 aliphatic heterocycles. The predicted molar refractivity (Wildman–Crippen MR) is 113 cm³/mol. The molecular formula is C21H23N7O3. The molecule has 10 nitrogen and oxygen atoms in total. The number of aromatic nitrogens is 4. The van der Waals surface area contributed by atoms with Gasteiger partial charge in [-0.15, -0.1) is 0 Å². The van der Waals surface area contributed by atoms with Crippen molar-refractivity contribution in [3.63, 3.8) is 0 Å². The fraction of sp³-hybridized carbons (Fsp3) is 0.333. The van der Waals surface area contributed by atoms with Crippen LogP contribution in [0.4, 0.5) is 11.6 Å². The lowest BCUT2D eigenvalue weighted by Crippen LogP contribution is -2.42. The SMILES string of the molecule is COc1cccc(OC[C@@H]2CN(C)CCO2)c1-c1cc(Nc2cnc(C#N)cn2)n[nH]1. The number of anilines is 2. The molecule has 160 valence electrons.